The van der Waals surface area contributed by atoms with Gasteiger partial charge in [0.15, 0.2) is 0 Å². The molecule has 4 fully saturated rings. The third kappa shape index (κ3) is 5.07. The molecule has 1 saturated carbocycles. The zero-order chi connectivity index (χ0) is 27.4. The molecule has 3 amide bonds. The van der Waals surface area contributed by atoms with Crippen LogP contribution in [0.15, 0.2) is 25.3 Å². The molecule has 0 aromatic heterocycles. The number of rotatable bonds is 13. The van der Waals surface area contributed by atoms with Gasteiger partial charge in [-0.3, -0.25) is 14.4 Å². The fourth-order valence-corrected chi connectivity index (χ4v) is 10.1. The van der Waals surface area contributed by atoms with Crippen LogP contribution >= 0.6 is 11.8 Å². The topological polar surface area (TPSA) is 81.2 Å². The lowest BCUT2D eigenvalue weighted by atomic mass is 9.65. The molecule has 2 bridgehead atoms. The normalized spacial score (nSPS) is 32.3. The van der Waals surface area contributed by atoms with E-state index in [4.69, 9.17) is 0 Å². The van der Waals surface area contributed by atoms with E-state index in [-0.39, 0.29) is 41.5 Å². The highest BCUT2D eigenvalue weighted by molar-refractivity contribution is 8.02. The number of amides is 3. The van der Waals surface area contributed by atoms with E-state index >= 15 is 0 Å². The Hall–Kier alpha value is -1.80. The van der Waals surface area contributed by atoms with Gasteiger partial charge in [-0.25, -0.2) is 0 Å². The number of hydrogen-bond donors (Lipinski definition) is 1. The molecule has 7 nitrogen and oxygen atoms in total. The highest BCUT2D eigenvalue weighted by Gasteiger charge is 2.76. The summed E-state index contributed by atoms with van der Waals surface area (Å²) in [6, 6.07) is -0.367. The molecule has 8 heteroatoms. The second kappa shape index (κ2) is 12.6. The minimum Gasteiger partial charge on any atom is -0.396 e. The van der Waals surface area contributed by atoms with Gasteiger partial charge in [-0.05, 0) is 38.0 Å². The van der Waals surface area contributed by atoms with E-state index < -0.39 is 22.6 Å². The van der Waals surface area contributed by atoms with Crippen LogP contribution in [0.5, 0.6) is 0 Å². The molecule has 0 aromatic carbocycles. The molecular weight excluding hydrogens is 498 g/mol. The van der Waals surface area contributed by atoms with Crippen molar-refractivity contribution in [1.29, 1.82) is 0 Å². The number of thioether (sulfide) groups is 1. The van der Waals surface area contributed by atoms with E-state index in [2.05, 4.69) is 20.1 Å². The van der Waals surface area contributed by atoms with Crippen LogP contribution in [0, 0.1) is 17.8 Å². The first-order chi connectivity index (χ1) is 18.3. The fourth-order valence-electron chi connectivity index (χ4n) is 7.71. The van der Waals surface area contributed by atoms with E-state index in [1.54, 1.807) is 29.8 Å². The molecule has 0 aromatic rings. The first-order valence-corrected chi connectivity index (χ1v) is 15.6. The number of carbonyl (C=O) groups excluding carboxylic acids is 3. The van der Waals surface area contributed by atoms with Gasteiger partial charge < -0.3 is 19.8 Å². The van der Waals surface area contributed by atoms with Crippen LogP contribution in [0.1, 0.15) is 71.1 Å². The van der Waals surface area contributed by atoms with E-state index in [1.165, 1.54) is 6.42 Å². The van der Waals surface area contributed by atoms with E-state index in [9.17, 15) is 19.5 Å². The predicted octanol–water partition coefficient (Wildman–Crippen LogP) is 3.87. The lowest BCUT2D eigenvalue weighted by Crippen LogP contribution is -2.59. The second-order valence-electron chi connectivity index (χ2n) is 11.8. The third-order valence-corrected chi connectivity index (χ3v) is 11.6. The number of aliphatic hydroxyl groups is 1. The van der Waals surface area contributed by atoms with Crippen LogP contribution in [-0.4, -0.2) is 92.9 Å². The van der Waals surface area contributed by atoms with Crippen LogP contribution in [0.4, 0.5) is 0 Å². The number of nitrogens with zero attached hydrogens (tertiary/aromatic N) is 3. The molecule has 0 radical (unpaired) electrons. The van der Waals surface area contributed by atoms with Crippen molar-refractivity contribution in [2.24, 2.45) is 17.8 Å². The number of carbonyl (C=O) groups is 3. The Labute approximate surface area is 233 Å². The molecule has 3 saturated heterocycles. The largest absolute Gasteiger partial charge is 0.396 e. The van der Waals surface area contributed by atoms with Gasteiger partial charge in [-0.2, -0.15) is 0 Å². The summed E-state index contributed by atoms with van der Waals surface area (Å²) in [5, 5.41) is 9.23. The summed E-state index contributed by atoms with van der Waals surface area (Å²) >= 11 is 1.76. The van der Waals surface area contributed by atoms with Gasteiger partial charge in [0.25, 0.3) is 0 Å². The minimum atomic E-state index is -0.576. The number of hydrogen-bond acceptors (Lipinski definition) is 5. The minimum absolute atomic E-state index is 0.000693. The lowest BCUT2D eigenvalue weighted by Gasteiger charge is -2.43. The molecule has 3 unspecified atom stereocenters. The van der Waals surface area contributed by atoms with Gasteiger partial charge in [0.1, 0.15) is 6.04 Å². The van der Waals surface area contributed by atoms with Crippen molar-refractivity contribution in [1.82, 2.24) is 14.7 Å². The Kier molecular flexibility index (Phi) is 9.67. The first kappa shape index (κ1) is 29.2. The molecular formula is C30H47N3O4S. The molecule has 38 heavy (non-hydrogen) atoms. The average Bonchev–Trinajstić information content (AvgIpc) is 3.50. The van der Waals surface area contributed by atoms with Crippen LogP contribution in [0.2, 0.25) is 0 Å². The summed E-state index contributed by atoms with van der Waals surface area (Å²) in [7, 11) is 1.78. The molecule has 212 valence electrons. The number of unbranched alkanes of at least 4 members (excludes halogenated alkanes) is 3. The van der Waals surface area contributed by atoms with E-state index in [0.717, 1.165) is 57.8 Å². The van der Waals surface area contributed by atoms with Crippen LogP contribution < -0.4 is 0 Å². The SMILES string of the molecule is C=CCN(C)C(=O)[C@@H]1[C@H]2C(=O)N(CCCCCCO)C(C(=O)N(CC=C)C3CCCCC3)C23S[C@@H]1CC3C. The van der Waals surface area contributed by atoms with Gasteiger partial charge in [0, 0.05) is 44.6 Å². The first-order valence-electron chi connectivity index (χ1n) is 14.7. The van der Waals surface area contributed by atoms with E-state index in [1.807, 2.05) is 15.9 Å². The monoisotopic (exact) mass is 545 g/mol. The highest BCUT2D eigenvalue weighted by Crippen LogP contribution is 2.69. The average molecular weight is 546 g/mol. The number of likely N-dealkylation sites (tertiary alicyclic amines) is 1. The second-order valence-corrected chi connectivity index (χ2v) is 13.3. The third-order valence-electron chi connectivity index (χ3n) is 9.48. The Morgan fingerprint density at radius 3 is 2.42 bits per heavy atom. The number of fused-ring (bicyclic) bond motifs is 1. The van der Waals surface area contributed by atoms with Crippen molar-refractivity contribution in [2.75, 3.05) is 33.3 Å². The van der Waals surface area contributed by atoms with Gasteiger partial charge in [-0.15, -0.1) is 24.9 Å². The maximum absolute atomic E-state index is 14.6. The highest BCUT2D eigenvalue weighted by atomic mass is 32.2. The van der Waals surface area contributed by atoms with Crippen LogP contribution in [0.25, 0.3) is 0 Å². The summed E-state index contributed by atoms with van der Waals surface area (Å²) in [4.78, 5) is 48.2. The lowest BCUT2D eigenvalue weighted by molar-refractivity contribution is -0.145. The summed E-state index contributed by atoms with van der Waals surface area (Å²) in [6.45, 7) is 11.6. The maximum atomic E-state index is 14.6. The summed E-state index contributed by atoms with van der Waals surface area (Å²) in [5.41, 5.74) is 0. The van der Waals surface area contributed by atoms with Gasteiger partial charge in [-0.1, -0.05) is 51.2 Å². The Morgan fingerprint density at radius 2 is 1.76 bits per heavy atom. The number of aliphatic hydroxyl groups excluding tert-OH is 1. The van der Waals surface area contributed by atoms with Crippen molar-refractivity contribution < 1.29 is 19.5 Å². The van der Waals surface area contributed by atoms with Gasteiger partial charge in [0.05, 0.1) is 16.6 Å². The predicted molar refractivity (Wildman–Crippen MR) is 153 cm³/mol. The number of likely N-dealkylation sites (N-methyl/N-ethyl adjacent to an activating group) is 1. The Bertz CT molecular complexity index is 906. The van der Waals surface area contributed by atoms with Crippen LogP contribution in [0.3, 0.4) is 0 Å². The zero-order valence-electron chi connectivity index (χ0n) is 23.4. The summed E-state index contributed by atoms with van der Waals surface area (Å²) in [6.07, 6.45) is 13.2. The molecule has 1 aliphatic carbocycles. The van der Waals surface area contributed by atoms with Crippen molar-refractivity contribution >= 4 is 29.5 Å². The van der Waals surface area contributed by atoms with Gasteiger partial charge >= 0.3 is 0 Å². The van der Waals surface area contributed by atoms with Gasteiger partial charge in [0.2, 0.25) is 17.7 Å². The quantitative estimate of drug-likeness (QED) is 0.281. The standard InChI is InChI=1S/C30H47N3O4S/c1-5-16-31(4)27(35)24-23-20-21(3)30(38-23)25(24)28(36)33(18-12-7-8-13-19-34)26(30)29(37)32(17-6-2)22-14-10-9-11-15-22/h5-6,21-26,34H,1-2,7-20H2,3-4H3/t21?,23-,24+,25+,26?,30?/m1/s1. The van der Waals surface area contributed by atoms with Crippen LogP contribution in [-0.2, 0) is 14.4 Å². The molecule has 4 rings (SSSR count). The Balaban J connectivity index is 1.70. The zero-order valence-corrected chi connectivity index (χ0v) is 24.2. The molecule has 1 spiro atoms. The van der Waals surface area contributed by atoms with Crippen molar-refractivity contribution in [3.63, 3.8) is 0 Å². The van der Waals surface area contributed by atoms with E-state index in [0.29, 0.717) is 19.6 Å². The summed E-state index contributed by atoms with van der Waals surface area (Å²) < 4.78 is -0.576. The smallest absolute Gasteiger partial charge is 0.247 e. The molecule has 6 atom stereocenters. The fraction of sp³-hybridized carbons (Fsp3) is 0.767. The molecule has 3 aliphatic heterocycles. The molecule has 1 N–H and O–H groups in total. The van der Waals surface area contributed by atoms with Crippen molar-refractivity contribution in [2.45, 2.75) is 93.2 Å². The summed E-state index contributed by atoms with van der Waals surface area (Å²) in [5.74, 6) is -0.656. The Morgan fingerprint density at radius 1 is 1.08 bits per heavy atom. The van der Waals surface area contributed by atoms with Crippen molar-refractivity contribution in [3.8, 4) is 0 Å². The molecule has 3 heterocycles. The maximum Gasteiger partial charge on any atom is 0.247 e. The van der Waals surface area contributed by atoms with Crippen molar-refractivity contribution in [3.05, 3.63) is 25.3 Å². The molecule has 4 aliphatic rings.